The molecule has 4 N–H and O–H groups in total. The van der Waals surface area contributed by atoms with E-state index in [0.29, 0.717) is 0 Å². The van der Waals surface area contributed by atoms with Crippen LogP contribution in [0.2, 0.25) is 0 Å². The number of carbonyl (C=O) groups is 1. The van der Waals surface area contributed by atoms with E-state index in [1.54, 1.807) is 18.4 Å². The van der Waals surface area contributed by atoms with Crippen LogP contribution in [0, 0.1) is 19.8 Å². The topological polar surface area (TPSA) is 95.6 Å². The smallest absolute Gasteiger partial charge is 0.220 e. The second-order valence-electron chi connectivity index (χ2n) is 6.82. The van der Waals surface area contributed by atoms with Crippen molar-refractivity contribution < 1.29 is 4.79 Å². The van der Waals surface area contributed by atoms with Gasteiger partial charge in [-0.2, -0.15) is 0 Å². The number of hydrogen-bond donors (Lipinski definition) is 3. The molecule has 0 spiro atoms. The average molecular weight is 381 g/mol. The Hall–Kier alpha value is -1.67. The number of unbranched alkanes of at least 4 members (excludes halogenated alkanes) is 1. The van der Waals surface area contributed by atoms with E-state index in [9.17, 15) is 4.79 Å². The van der Waals surface area contributed by atoms with Gasteiger partial charge in [0.05, 0.1) is 17.2 Å². The maximum atomic E-state index is 11.2. The first-order chi connectivity index (χ1) is 12.5. The fourth-order valence-electron chi connectivity index (χ4n) is 3.23. The standard InChI is InChI=1S/C18H32N6OS/c1-13-16(26-14(2)23-13)12-22-18(20-3)21-8-4-5-9-24-10-6-15(7-11-24)17(19)25/h15H,4-12H2,1-3H3,(H2,19,25)(H2,20,21,22). The zero-order valence-corrected chi connectivity index (χ0v) is 17.0. The van der Waals surface area contributed by atoms with Gasteiger partial charge in [0, 0.05) is 24.4 Å². The zero-order valence-electron chi connectivity index (χ0n) is 16.2. The third-order valence-electron chi connectivity index (χ3n) is 4.82. The van der Waals surface area contributed by atoms with E-state index in [0.717, 1.165) is 75.1 Å². The van der Waals surface area contributed by atoms with Crippen LogP contribution < -0.4 is 16.4 Å². The SMILES string of the molecule is CN=C(NCCCCN1CCC(C(N)=O)CC1)NCc1sc(C)nc1C. The molecular formula is C18H32N6OS. The molecule has 0 aromatic carbocycles. The highest BCUT2D eigenvalue weighted by Crippen LogP contribution is 2.17. The van der Waals surface area contributed by atoms with Crippen LogP contribution in [0.1, 0.15) is 41.3 Å². The fourth-order valence-corrected chi connectivity index (χ4v) is 4.11. The first kappa shape index (κ1) is 20.6. The Balaban J connectivity index is 1.57. The van der Waals surface area contributed by atoms with Crippen molar-refractivity contribution in [2.75, 3.05) is 33.2 Å². The van der Waals surface area contributed by atoms with E-state index < -0.39 is 0 Å². The summed E-state index contributed by atoms with van der Waals surface area (Å²) >= 11 is 1.73. The number of nitrogens with one attached hydrogen (secondary N) is 2. The second-order valence-corrected chi connectivity index (χ2v) is 8.11. The number of piperidine rings is 1. The molecule has 2 rings (SSSR count). The molecule has 1 aliphatic rings. The van der Waals surface area contributed by atoms with Crippen LogP contribution in [-0.4, -0.2) is 55.0 Å². The number of rotatable bonds is 8. The number of aliphatic imine (C=N–C) groups is 1. The molecule has 26 heavy (non-hydrogen) atoms. The van der Waals surface area contributed by atoms with Crippen LogP contribution in [0.15, 0.2) is 4.99 Å². The van der Waals surface area contributed by atoms with Crippen molar-refractivity contribution >= 4 is 23.2 Å². The molecule has 0 aliphatic carbocycles. The third-order valence-corrected chi connectivity index (χ3v) is 5.90. The van der Waals surface area contributed by atoms with Gasteiger partial charge in [0.2, 0.25) is 5.91 Å². The van der Waals surface area contributed by atoms with Crippen LogP contribution in [0.3, 0.4) is 0 Å². The number of hydrogen-bond acceptors (Lipinski definition) is 5. The van der Waals surface area contributed by atoms with Crippen LogP contribution >= 0.6 is 11.3 Å². The average Bonchev–Trinajstić information content (AvgIpc) is 2.95. The van der Waals surface area contributed by atoms with Crippen LogP contribution in [0.25, 0.3) is 0 Å². The van der Waals surface area contributed by atoms with E-state index in [1.807, 2.05) is 13.8 Å². The molecule has 1 aromatic heterocycles. The summed E-state index contributed by atoms with van der Waals surface area (Å²) in [5.74, 6) is 0.766. The molecule has 146 valence electrons. The summed E-state index contributed by atoms with van der Waals surface area (Å²) in [5.41, 5.74) is 6.47. The van der Waals surface area contributed by atoms with Gasteiger partial charge >= 0.3 is 0 Å². The van der Waals surface area contributed by atoms with Gasteiger partial charge in [-0.15, -0.1) is 11.3 Å². The van der Waals surface area contributed by atoms with Gasteiger partial charge in [0.25, 0.3) is 0 Å². The molecule has 2 heterocycles. The molecule has 0 saturated carbocycles. The summed E-state index contributed by atoms with van der Waals surface area (Å²) in [7, 11) is 1.79. The summed E-state index contributed by atoms with van der Waals surface area (Å²) in [6.45, 7) is 8.78. The molecule has 7 nitrogen and oxygen atoms in total. The molecule has 8 heteroatoms. The first-order valence-electron chi connectivity index (χ1n) is 9.38. The van der Waals surface area contributed by atoms with Gasteiger partial charge in [-0.05, 0) is 59.2 Å². The van der Waals surface area contributed by atoms with Crippen LogP contribution in [0.5, 0.6) is 0 Å². The quantitative estimate of drug-likeness (QED) is 0.360. The maximum absolute atomic E-state index is 11.2. The molecule has 1 aliphatic heterocycles. The molecular weight excluding hydrogens is 348 g/mol. The molecule has 1 fully saturated rings. The molecule has 0 radical (unpaired) electrons. The van der Waals surface area contributed by atoms with Crippen molar-refractivity contribution in [1.82, 2.24) is 20.5 Å². The van der Waals surface area contributed by atoms with Crippen molar-refractivity contribution in [2.24, 2.45) is 16.6 Å². The van der Waals surface area contributed by atoms with Crippen molar-refractivity contribution in [1.29, 1.82) is 0 Å². The minimum atomic E-state index is -0.142. The number of aromatic nitrogens is 1. The lowest BCUT2D eigenvalue weighted by atomic mass is 9.96. The van der Waals surface area contributed by atoms with Gasteiger partial charge in [0.15, 0.2) is 5.96 Å². The summed E-state index contributed by atoms with van der Waals surface area (Å²) < 4.78 is 0. The first-order valence-corrected chi connectivity index (χ1v) is 10.2. The molecule has 1 aromatic rings. The van der Waals surface area contributed by atoms with Gasteiger partial charge in [-0.3, -0.25) is 9.79 Å². The van der Waals surface area contributed by atoms with Crippen molar-refractivity contribution in [3.05, 3.63) is 15.6 Å². The highest BCUT2D eigenvalue weighted by Gasteiger charge is 2.22. The minimum Gasteiger partial charge on any atom is -0.369 e. The summed E-state index contributed by atoms with van der Waals surface area (Å²) in [4.78, 5) is 23.6. The highest BCUT2D eigenvalue weighted by molar-refractivity contribution is 7.11. The lowest BCUT2D eigenvalue weighted by Crippen LogP contribution is -2.39. The minimum absolute atomic E-state index is 0.0771. The normalized spacial score (nSPS) is 16.7. The van der Waals surface area contributed by atoms with Gasteiger partial charge in [0.1, 0.15) is 0 Å². The molecule has 0 atom stereocenters. The summed E-state index contributed by atoms with van der Waals surface area (Å²) in [5, 5.41) is 7.82. The molecule has 0 unspecified atom stereocenters. The Morgan fingerprint density at radius 3 is 2.62 bits per heavy atom. The number of nitrogens with two attached hydrogens (primary N) is 1. The fraction of sp³-hybridized carbons (Fsp3) is 0.722. The van der Waals surface area contributed by atoms with Crippen molar-refractivity contribution in [3.63, 3.8) is 0 Å². The predicted octanol–water partition coefficient (Wildman–Crippen LogP) is 1.40. The number of thiazole rings is 1. The summed E-state index contributed by atoms with van der Waals surface area (Å²) in [6, 6.07) is 0. The highest BCUT2D eigenvalue weighted by atomic mass is 32.1. The van der Waals surface area contributed by atoms with Crippen LogP contribution in [-0.2, 0) is 11.3 Å². The van der Waals surface area contributed by atoms with E-state index >= 15 is 0 Å². The van der Waals surface area contributed by atoms with Crippen molar-refractivity contribution in [2.45, 2.75) is 46.1 Å². The second kappa shape index (κ2) is 10.5. The Bertz CT molecular complexity index is 607. The Labute approximate surface area is 160 Å². The molecule has 1 saturated heterocycles. The van der Waals surface area contributed by atoms with Gasteiger partial charge in [-0.25, -0.2) is 4.98 Å². The van der Waals surface area contributed by atoms with Crippen LogP contribution in [0.4, 0.5) is 0 Å². The molecule has 1 amide bonds. The number of likely N-dealkylation sites (tertiary alicyclic amines) is 1. The Kier molecular flexibility index (Phi) is 8.31. The number of guanidine groups is 1. The largest absolute Gasteiger partial charge is 0.369 e. The van der Waals surface area contributed by atoms with Gasteiger partial charge in [-0.1, -0.05) is 0 Å². The van der Waals surface area contributed by atoms with E-state index in [2.05, 4.69) is 25.5 Å². The Morgan fingerprint density at radius 1 is 1.31 bits per heavy atom. The van der Waals surface area contributed by atoms with E-state index in [1.165, 1.54) is 4.88 Å². The Morgan fingerprint density at radius 2 is 2.04 bits per heavy atom. The monoisotopic (exact) mass is 380 g/mol. The third kappa shape index (κ3) is 6.57. The lowest BCUT2D eigenvalue weighted by molar-refractivity contribution is -0.123. The van der Waals surface area contributed by atoms with E-state index in [4.69, 9.17) is 5.73 Å². The van der Waals surface area contributed by atoms with Gasteiger partial charge < -0.3 is 21.3 Å². The van der Waals surface area contributed by atoms with E-state index in [-0.39, 0.29) is 11.8 Å². The maximum Gasteiger partial charge on any atom is 0.220 e. The number of nitrogens with zero attached hydrogens (tertiary/aromatic N) is 3. The number of aryl methyl sites for hydroxylation is 2. The lowest BCUT2D eigenvalue weighted by Gasteiger charge is -2.30. The molecule has 0 bridgehead atoms. The number of primary amides is 1. The number of amides is 1. The predicted molar refractivity (Wildman–Crippen MR) is 107 cm³/mol. The zero-order chi connectivity index (χ0) is 18.9. The summed E-state index contributed by atoms with van der Waals surface area (Å²) in [6.07, 6.45) is 4.04. The number of carbonyl (C=O) groups excluding carboxylic acids is 1. The van der Waals surface area contributed by atoms with Crippen molar-refractivity contribution in [3.8, 4) is 0 Å².